The van der Waals surface area contributed by atoms with Crippen LogP contribution in [0.5, 0.6) is 5.75 Å². The minimum atomic E-state index is 0.287. The number of phenols is 1. The highest BCUT2D eigenvalue weighted by atomic mass is 16.3. The maximum absolute atomic E-state index is 9.20. The van der Waals surface area contributed by atoms with Gasteiger partial charge in [-0.15, -0.1) is 0 Å². The van der Waals surface area contributed by atoms with Gasteiger partial charge in [0, 0.05) is 18.3 Å². The zero-order valence-corrected chi connectivity index (χ0v) is 8.56. The molecule has 0 amide bonds. The van der Waals surface area contributed by atoms with Gasteiger partial charge in [-0.1, -0.05) is 0 Å². The van der Waals surface area contributed by atoms with Gasteiger partial charge in [0.2, 0.25) is 0 Å². The first-order valence-corrected chi connectivity index (χ1v) is 5.24. The first kappa shape index (κ1) is 9.85. The van der Waals surface area contributed by atoms with Gasteiger partial charge in [-0.05, 0) is 37.1 Å². The molecule has 1 aromatic rings. The average molecular weight is 202 g/mol. The van der Waals surface area contributed by atoms with Crippen molar-refractivity contribution in [3.8, 4) is 11.8 Å². The molecule has 1 heterocycles. The van der Waals surface area contributed by atoms with Crippen molar-refractivity contribution in [2.45, 2.75) is 25.3 Å². The third-order valence-electron chi connectivity index (χ3n) is 2.89. The lowest BCUT2D eigenvalue weighted by Gasteiger charge is -2.24. The largest absolute Gasteiger partial charge is 0.508 e. The van der Waals surface area contributed by atoms with E-state index in [1.807, 2.05) is 12.1 Å². The first-order valence-electron chi connectivity index (χ1n) is 5.24. The Hall–Kier alpha value is -1.69. The van der Waals surface area contributed by atoms with Crippen molar-refractivity contribution in [3.63, 3.8) is 0 Å². The smallest absolute Gasteiger partial charge is 0.115 e. The van der Waals surface area contributed by atoms with E-state index in [1.54, 1.807) is 12.1 Å². The molecule has 15 heavy (non-hydrogen) atoms. The molecule has 1 atom stereocenters. The molecule has 0 spiro atoms. The molecule has 0 bridgehead atoms. The highest BCUT2D eigenvalue weighted by Gasteiger charge is 2.24. The summed E-state index contributed by atoms with van der Waals surface area (Å²) in [5.74, 6) is 0.287. The number of hydrogen-bond acceptors (Lipinski definition) is 3. The minimum Gasteiger partial charge on any atom is -0.508 e. The number of hydrogen-bond donors (Lipinski definition) is 1. The van der Waals surface area contributed by atoms with Crippen LogP contribution >= 0.6 is 0 Å². The van der Waals surface area contributed by atoms with Gasteiger partial charge >= 0.3 is 0 Å². The Morgan fingerprint density at radius 2 is 2.13 bits per heavy atom. The van der Waals surface area contributed by atoms with Crippen LogP contribution < -0.4 is 4.90 Å². The molecule has 3 nitrogen and oxygen atoms in total. The maximum Gasteiger partial charge on any atom is 0.115 e. The Morgan fingerprint density at radius 1 is 1.40 bits per heavy atom. The molecule has 1 aliphatic heterocycles. The molecule has 1 fully saturated rings. The number of nitriles is 1. The Balaban J connectivity index is 2.16. The quantitative estimate of drug-likeness (QED) is 0.800. The summed E-state index contributed by atoms with van der Waals surface area (Å²) in [4.78, 5) is 2.25. The lowest BCUT2D eigenvalue weighted by atomic mass is 10.1. The Bertz CT molecular complexity index is 366. The van der Waals surface area contributed by atoms with Crippen molar-refractivity contribution < 1.29 is 5.11 Å². The van der Waals surface area contributed by atoms with Crippen molar-refractivity contribution in [1.29, 1.82) is 5.26 Å². The molecule has 1 N–H and O–H groups in total. The van der Waals surface area contributed by atoms with E-state index in [0.29, 0.717) is 12.5 Å². The number of phenolic OH excluding ortho intramolecular Hbond substituents is 1. The van der Waals surface area contributed by atoms with Crippen LogP contribution in [0.3, 0.4) is 0 Å². The van der Waals surface area contributed by atoms with E-state index < -0.39 is 0 Å². The molecule has 0 aliphatic carbocycles. The van der Waals surface area contributed by atoms with Crippen LogP contribution in [0.25, 0.3) is 0 Å². The van der Waals surface area contributed by atoms with Crippen LogP contribution in [0.4, 0.5) is 5.69 Å². The molecule has 2 rings (SSSR count). The van der Waals surface area contributed by atoms with Crippen LogP contribution in [0.2, 0.25) is 0 Å². The summed E-state index contributed by atoms with van der Waals surface area (Å²) in [6, 6.07) is 9.78. The average Bonchev–Trinajstić information content (AvgIpc) is 2.68. The van der Waals surface area contributed by atoms with E-state index in [9.17, 15) is 5.11 Å². The standard InChI is InChI=1S/C12H14N2O/c13-8-7-10-2-1-9-14(10)11-3-5-12(15)6-4-11/h3-6,10,15H,1-2,7,9H2/t10-/m0/s1. The molecule has 0 aromatic heterocycles. The number of anilines is 1. The molecule has 0 radical (unpaired) electrons. The van der Waals surface area contributed by atoms with Gasteiger partial charge in [-0.2, -0.15) is 5.26 Å². The number of rotatable bonds is 2. The second-order valence-corrected chi connectivity index (χ2v) is 3.87. The highest BCUT2D eigenvalue weighted by Crippen LogP contribution is 2.28. The summed E-state index contributed by atoms with van der Waals surface area (Å²) in [7, 11) is 0. The summed E-state index contributed by atoms with van der Waals surface area (Å²) in [6.45, 7) is 1.01. The summed E-state index contributed by atoms with van der Waals surface area (Å²) < 4.78 is 0. The predicted octanol–water partition coefficient (Wildman–Crippen LogP) is 2.27. The summed E-state index contributed by atoms with van der Waals surface area (Å²) in [5.41, 5.74) is 1.10. The molecule has 1 saturated heterocycles. The van der Waals surface area contributed by atoms with Crippen molar-refractivity contribution in [3.05, 3.63) is 24.3 Å². The zero-order valence-electron chi connectivity index (χ0n) is 8.56. The van der Waals surface area contributed by atoms with Crippen molar-refractivity contribution >= 4 is 5.69 Å². The maximum atomic E-state index is 9.20. The first-order chi connectivity index (χ1) is 7.31. The van der Waals surface area contributed by atoms with E-state index >= 15 is 0 Å². The summed E-state index contributed by atoms with van der Waals surface area (Å²) >= 11 is 0. The topological polar surface area (TPSA) is 47.3 Å². The highest BCUT2D eigenvalue weighted by molar-refractivity contribution is 5.50. The fourth-order valence-electron chi connectivity index (χ4n) is 2.14. The molecule has 78 valence electrons. The summed E-state index contributed by atoms with van der Waals surface area (Å²) in [5, 5.41) is 17.9. The van der Waals surface area contributed by atoms with E-state index in [0.717, 1.165) is 25.1 Å². The molecule has 3 heteroatoms. The van der Waals surface area contributed by atoms with Crippen LogP contribution in [0.15, 0.2) is 24.3 Å². The van der Waals surface area contributed by atoms with E-state index in [1.165, 1.54) is 0 Å². The van der Waals surface area contributed by atoms with Crippen LogP contribution in [-0.4, -0.2) is 17.7 Å². The molecule has 0 unspecified atom stereocenters. The molecule has 1 aliphatic rings. The molecule has 0 saturated carbocycles. The Kier molecular flexibility index (Phi) is 2.77. The predicted molar refractivity (Wildman–Crippen MR) is 58.7 cm³/mol. The second-order valence-electron chi connectivity index (χ2n) is 3.87. The molecular weight excluding hydrogens is 188 g/mol. The van der Waals surface area contributed by atoms with Gasteiger partial charge in [0.1, 0.15) is 5.75 Å². The second kappa shape index (κ2) is 4.22. The number of nitrogens with zero attached hydrogens (tertiary/aromatic N) is 2. The van der Waals surface area contributed by atoms with E-state index in [-0.39, 0.29) is 5.75 Å². The van der Waals surface area contributed by atoms with Gasteiger partial charge < -0.3 is 10.0 Å². The lowest BCUT2D eigenvalue weighted by molar-refractivity contribution is 0.475. The van der Waals surface area contributed by atoms with Crippen LogP contribution in [0.1, 0.15) is 19.3 Å². The van der Waals surface area contributed by atoms with Gasteiger partial charge in [0.15, 0.2) is 0 Å². The van der Waals surface area contributed by atoms with Gasteiger partial charge in [-0.3, -0.25) is 0 Å². The fraction of sp³-hybridized carbons (Fsp3) is 0.417. The Labute approximate surface area is 89.6 Å². The number of aromatic hydroxyl groups is 1. The van der Waals surface area contributed by atoms with Crippen molar-refractivity contribution in [2.24, 2.45) is 0 Å². The number of benzene rings is 1. The van der Waals surface area contributed by atoms with E-state index in [4.69, 9.17) is 5.26 Å². The fourth-order valence-corrected chi connectivity index (χ4v) is 2.14. The monoisotopic (exact) mass is 202 g/mol. The third-order valence-corrected chi connectivity index (χ3v) is 2.89. The van der Waals surface area contributed by atoms with Gasteiger partial charge in [-0.25, -0.2) is 0 Å². The van der Waals surface area contributed by atoms with E-state index in [2.05, 4.69) is 11.0 Å². The molecule has 1 aromatic carbocycles. The summed E-state index contributed by atoms with van der Waals surface area (Å²) in [6.07, 6.45) is 2.82. The van der Waals surface area contributed by atoms with Crippen molar-refractivity contribution in [1.82, 2.24) is 0 Å². The van der Waals surface area contributed by atoms with Crippen LogP contribution in [-0.2, 0) is 0 Å². The minimum absolute atomic E-state index is 0.287. The SMILES string of the molecule is N#CC[C@@H]1CCCN1c1ccc(O)cc1. The Morgan fingerprint density at radius 3 is 2.80 bits per heavy atom. The molecular formula is C12H14N2O. The lowest BCUT2D eigenvalue weighted by Crippen LogP contribution is -2.28. The van der Waals surface area contributed by atoms with Crippen LogP contribution in [0, 0.1) is 11.3 Å². The third kappa shape index (κ3) is 2.04. The van der Waals surface area contributed by atoms with Gasteiger partial charge in [0.25, 0.3) is 0 Å². The normalized spacial score (nSPS) is 20.2. The van der Waals surface area contributed by atoms with Crippen molar-refractivity contribution in [2.75, 3.05) is 11.4 Å². The zero-order chi connectivity index (χ0) is 10.7. The van der Waals surface area contributed by atoms with Gasteiger partial charge in [0.05, 0.1) is 12.5 Å².